The van der Waals surface area contributed by atoms with Crippen LogP contribution in [-0.4, -0.2) is 29.5 Å². The zero-order valence-electron chi connectivity index (χ0n) is 13.8. The van der Waals surface area contributed by atoms with E-state index in [1.807, 2.05) is 25.1 Å². The third kappa shape index (κ3) is 2.71. The zero-order valence-corrected chi connectivity index (χ0v) is 13.8. The molecule has 0 spiro atoms. The molecule has 132 valence electrons. The second kappa shape index (κ2) is 5.65. The van der Waals surface area contributed by atoms with Gasteiger partial charge in [0.15, 0.2) is 5.65 Å². The van der Waals surface area contributed by atoms with E-state index in [0.29, 0.717) is 28.5 Å². The Morgan fingerprint density at radius 2 is 1.81 bits per heavy atom. The van der Waals surface area contributed by atoms with Crippen LogP contribution in [0.2, 0.25) is 0 Å². The SMILES string of the molecule is Cc1cccc(-c2[nH]c(C)nc2-c2ccc3nnc(C(F)(F)F)n3c2)n1. The lowest BCUT2D eigenvalue weighted by atomic mass is 10.1. The van der Waals surface area contributed by atoms with Crippen LogP contribution in [0.3, 0.4) is 0 Å². The van der Waals surface area contributed by atoms with Crippen LogP contribution in [0.4, 0.5) is 13.2 Å². The predicted molar refractivity (Wildman–Crippen MR) is 88.3 cm³/mol. The molecule has 4 aromatic rings. The number of aryl methyl sites for hydroxylation is 2. The number of alkyl halides is 3. The fourth-order valence-corrected chi connectivity index (χ4v) is 2.79. The van der Waals surface area contributed by atoms with Crippen molar-refractivity contribution in [3.8, 4) is 22.6 Å². The van der Waals surface area contributed by atoms with E-state index in [9.17, 15) is 13.2 Å². The summed E-state index contributed by atoms with van der Waals surface area (Å²) in [4.78, 5) is 12.0. The van der Waals surface area contributed by atoms with Gasteiger partial charge in [-0.3, -0.25) is 9.38 Å². The third-order valence-corrected chi connectivity index (χ3v) is 3.90. The quantitative estimate of drug-likeness (QED) is 0.591. The molecule has 0 aromatic carbocycles. The highest BCUT2D eigenvalue weighted by atomic mass is 19.4. The van der Waals surface area contributed by atoms with Crippen molar-refractivity contribution in [2.45, 2.75) is 20.0 Å². The van der Waals surface area contributed by atoms with Crippen molar-refractivity contribution in [2.75, 3.05) is 0 Å². The highest BCUT2D eigenvalue weighted by molar-refractivity contribution is 5.77. The van der Waals surface area contributed by atoms with Gasteiger partial charge >= 0.3 is 6.18 Å². The number of nitrogens with one attached hydrogen (secondary N) is 1. The number of imidazole rings is 1. The van der Waals surface area contributed by atoms with E-state index in [2.05, 4.69) is 25.1 Å². The molecule has 9 heteroatoms. The molecule has 4 heterocycles. The Morgan fingerprint density at radius 1 is 1.00 bits per heavy atom. The van der Waals surface area contributed by atoms with Crippen LogP contribution in [0.15, 0.2) is 36.5 Å². The van der Waals surface area contributed by atoms with Crippen LogP contribution in [0.25, 0.3) is 28.3 Å². The van der Waals surface area contributed by atoms with E-state index in [4.69, 9.17) is 0 Å². The predicted octanol–water partition coefficient (Wildman–Crippen LogP) is 3.82. The first kappa shape index (κ1) is 16.2. The summed E-state index contributed by atoms with van der Waals surface area (Å²) in [6.07, 6.45) is -3.26. The van der Waals surface area contributed by atoms with E-state index in [-0.39, 0.29) is 5.65 Å². The van der Waals surface area contributed by atoms with Gasteiger partial charge in [0.25, 0.3) is 0 Å². The number of fused-ring (bicyclic) bond motifs is 1. The second-order valence-electron chi connectivity index (χ2n) is 5.88. The molecule has 0 bridgehead atoms. The van der Waals surface area contributed by atoms with Gasteiger partial charge in [-0.15, -0.1) is 10.2 Å². The molecule has 0 amide bonds. The Balaban J connectivity index is 1.91. The van der Waals surface area contributed by atoms with Crippen molar-refractivity contribution in [3.05, 3.63) is 53.9 Å². The number of hydrogen-bond acceptors (Lipinski definition) is 4. The van der Waals surface area contributed by atoms with Crippen LogP contribution >= 0.6 is 0 Å². The van der Waals surface area contributed by atoms with Crippen molar-refractivity contribution in [1.82, 2.24) is 29.5 Å². The number of hydrogen-bond donors (Lipinski definition) is 1. The Labute approximate surface area is 145 Å². The average molecular weight is 358 g/mol. The number of pyridine rings is 2. The molecular formula is C17H13F3N6. The maximum atomic E-state index is 13.1. The lowest BCUT2D eigenvalue weighted by molar-refractivity contribution is -0.145. The minimum absolute atomic E-state index is 0.114. The summed E-state index contributed by atoms with van der Waals surface area (Å²) >= 11 is 0. The normalized spacial score (nSPS) is 12.0. The Kier molecular flexibility index (Phi) is 3.53. The second-order valence-corrected chi connectivity index (χ2v) is 5.88. The fraction of sp³-hybridized carbons (Fsp3) is 0.176. The molecule has 1 N–H and O–H groups in total. The molecule has 6 nitrogen and oxygen atoms in total. The van der Waals surface area contributed by atoms with Crippen LogP contribution in [0.1, 0.15) is 17.3 Å². The van der Waals surface area contributed by atoms with Gasteiger partial charge in [-0.25, -0.2) is 4.98 Å². The van der Waals surface area contributed by atoms with E-state index >= 15 is 0 Å². The largest absolute Gasteiger partial charge is 0.452 e. The highest BCUT2D eigenvalue weighted by Crippen LogP contribution is 2.32. The van der Waals surface area contributed by atoms with Gasteiger partial charge in [-0.05, 0) is 38.1 Å². The fourth-order valence-electron chi connectivity index (χ4n) is 2.79. The molecule has 0 unspecified atom stereocenters. The third-order valence-electron chi connectivity index (χ3n) is 3.90. The molecule has 0 aliphatic carbocycles. The maximum Gasteiger partial charge on any atom is 0.452 e. The lowest BCUT2D eigenvalue weighted by Crippen LogP contribution is -2.10. The number of H-pyrrole nitrogens is 1. The number of aromatic nitrogens is 6. The Hall–Kier alpha value is -3.23. The minimum Gasteiger partial charge on any atom is -0.340 e. The van der Waals surface area contributed by atoms with E-state index in [0.717, 1.165) is 10.1 Å². The molecule has 4 aromatic heterocycles. The first-order chi connectivity index (χ1) is 12.3. The molecular weight excluding hydrogens is 345 g/mol. The Morgan fingerprint density at radius 3 is 2.54 bits per heavy atom. The van der Waals surface area contributed by atoms with Gasteiger partial charge in [0.05, 0.1) is 17.1 Å². The monoisotopic (exact) mass is 358 g/mol. The van der Waals surface area contributed by atoms with Crippen molar-refractivity contribution in [2.24, 2.45) is 0 Å². The standard InChI is InChI=1S/C17H13F3N6/c1-9-4-3-5-12(21-9)15-14(22-10(2)23-15)11-6-7-13-24-25-16(17(18,19)20)26(13)8-11/h3-8H,1-2H3,(H,22,23). The van der Waals surface area contributed by atoms with E-state index in [1.54, 1.807) is 13.0 Å². The summed E-state index contributed by atoms with van der Waals surface area (Å²) in [5.41, 5.74) is 3.28. The summed E-state index contributed by atoms with van der Waals surface area (Å²) in [5, 5.41) is 6.82. The molecule has 0 aliphatic rings. The van der Waals surface area contributed by atoms with Gasteiger partial charge in [0, 0.05) is 17.5 Å². The first-order valence-corrected chi connectivity index (χ1v) is 7.76. The molecule has 4 rings (SSSR count). The summed E-state index contributed by atoms with van der Waals surface area (Å²) in [6, 6.07) is 8.70. The smallest absolute Gasteiger partial charge is 0.340 e. The summed E-state index contributed by atoms with van der Waals surface area (Å²) in [5.74, 6) is -0.435. The molecule has 0 saturated heterocycles. The van der Waals surface area contributed by atoms with Gasteiger partial charge < -0.3 is 4.98 Å². The van der Waals surface area contributed by atoms with Crippen molar-refractivity contribution in [3.63, 3.8) is 0 Å². The van der Waals surface area contributed by atoms with Crippen LogP contribution in [0.5, 0.6) is 0 Å². The average Bonchev–Trinajstić information content (AvgIpc) is 3.17. The molecule has 0 aliphatic heterocycles. The highest BCUT2D eigenvalue weighted by Gasteiger charge is 2.37. The molecule has 0 radical (unpaired) electrons. The van der Waals surface area contributed by atoms with E-state index < -0.39 is 12.0 Å². The topological polar surface area (TPSA) is 71.8 Å². The van der Waals surface area contributed by atoms with Crippen LogP contribution in [-0.2, 0) is 6.18 Å². The number of nitrogens with zero attached hydrogens (tertiary/aromatic N) is 5. The van der Waals surface area contributed by atoms with Gasteiger partial charge in [-0.1, -0.05) is 6.07 Å². The van der Waals surface area contributed by atoms with Gasteiger partial charge in [-0.2, -0.15) is 13.2 Å². The molecule has 0 fully saturated rings. The number of halogens is 3. The number of aromatic amines is 1. The summed E-state index contributed by atoms with van der Waals surface area (Å²) < 4.78 is 40.3. The van der Waals surface area contributed by atoms with Crippen molar-refractivity contribution in [1.29, 1.82) is 0 Å². The van der Waals surface area contributed by atoms with Gasteiger partial charge in [0.2, 0.25) is 5.82 Å². The van der Waals surface area contributed by atoms with Crippen molar-refractivity contribution < 1.29 is 13.2 Å². The summed E-state index contributed by atoms with van der Waals surface area (Å²) in [7, 11) is 0. The maximum absolute atomic E-state index is 13.1. The zero-order chi connectivity index (χ0) is 18.5. The Bertz CT molecular complexity index is 1110. The van der Waals surface area contributed by atoms with Crippen LogP contribution in [0, 0.1) is 13.8 Å². The van der Waals surface area contributed by atoms with Gasteiger partial charge in [0.1, 0.15) is 5.82 Å². The molecule has 26 heavy (non-hydrogen) atoms. The first-order valence-electron chi connectivity index (χ1n) is 7.76. The van der Waals surface area contributed by atoms with E-state index in [1.165, 1.54) is 12.3 Å². The minimum atomic E-state index is -4.60. The van der Waals surface area contributed by atoms with Crippen LogP contribution < -0.4 is 0 Å². The molecule has 0 atom stereocenters. The molecule has 0 saturated carbocycles. The van der Waals surface area contributed by atoms with Crippen molar-refractivity contribution >= 4 is 5.65 Å². The summed E-state index contributed by atoms with van der Waals surface area (Å²) in [6.45, 7) is 3.65. The number of rotatable bonds is 2. The lowest BCUT2D eigenvalue weighted by Gasteiger charge is -2.07.